The van der Waals surface area contributed by atoms with E-state index >= 15 is 0 Å². The van der Waals surface area contributed by atoms with Crippen molar-refractivity contribution in [3.63, 3.8) is 0 Å². The number of benzene rings is 1. The van der Waals surface area contributed by atoms with E-state index in [1.165, 1.54) is 0 Å². The molecule has 0 aromatic heterocycles. The molecule has 1 rings (SSSR count). The summed E-state index contributed by atoms with van der Waals surface area (Å²) in [6.45, 7) is 4.45. The maximum Gasteiger partial charge on any atom is 0.251 e. The maximum atomic E-state index is 11.7. The van der Waals surface area contributed by atoms with Crippen LogP contribution in [-0.2, 0) is 9.53 Å². The van der Waals surface area contributed by atoms with Crippen molar-refractivity contribution >= 4 is 11.8 Å². The van der Waals surface area contributed by atoms with Crippen LogP contribution in [-0.4, -0.2) is 38.1 Å². The zero-order chi connectivity index (χ0) is 15.3. The lowest BCUT2D eigenvalue weighted by atomic mass is 10.2. The molecule has 0 saturated heterocycles. The van der Waals surface area contributed by atoms with Crippen LogP contribution in [0.5, 0.6) is 0 Å². The molecule has 0 spiro atoms. The van der Waals surface area contributed by atoms with Crippen LogP contribution in [0.4, 0.5) is 0 Å². The van der Waals surface area contributed by atoms with Crippen molar-refractivity contribution in [3.8, 4) is 0 Å². The van der Waals surface area contributed by atoms with Gasteiger partial charge < -0.3 is 15.4 Å². The fourth-order valence-electron chi connectivity index (χ4n) is 1.78. The predicted octanol–water partition coefficient (Wildman–Crippen LogP) is 1.74. The molecule has 21 heavy (non-hydrogen) atoms. The van der Waals surface area contributed by atoms with E-state index < -0.39 is 0 Å². The van der Waals surface area contributed by atoms with Crippen LogP contribution in [0.2, 0.25) is 0 Å². The molecule has 0 atom stereocenters. The van der Waals surface area contributed by atoms with E-state index in [9.17, 15) is 9.59 Å². The van der Waals surface area contributed by atoms with E-state index in [0.29, 0.717) is 44.7 Å². The van der Waals surface area contributed by atoms with Crippen molar-refractivity contribution < 1.29 is 14.3 Å². The van der Waals surface area contributed by atoms with Gasteiger partial charge in [0.15, 0.2) is 0 Å². The second kappa shape index (κ2) is 10.9. The maximum absolute atomic E-state index is 11.7. The van der Waals surface area contributed by atoms with Gasteiger partial charge in [-0.2, -0.15) is 0 Å². The van der Waals surface area contributed by atoms with Gasteiger partial charge in [0.1, 0.15) is 0 Å². The summed E-state index contributed by atoms with van der Waals surface area (Å²) >= 11 is 0. The van der Waals surface area contributed by atoms with Gasteiger partial charge in [0.2, 0.25) is 5.91 Å². The molecule has 0 aliphatic heterocycles. The second-order valence-electron chi connectivity index (χ2n) is 4.63. The lowest BCUT2D eigenvalue weighted by Crippen LogP contribution is -2.28. The number of nitrogens with one attached hydrogen (secondary N) is 2. The first-order chi connectivity index (χ1) is 10.2. The average Bonchev–Trinajstić information content (AvgIpc) is 2.52. The fourth-order valence-corrected chi connectivity index (χ4v) is 1.78. The van der Waals surface area contributed by atoms with Crippen LogP contribution in [0.15, 0.2) is 30.3 Å². The molecule has 2 amide bonds. The lowest BCUT2D eigenvalue weighted by Gasteiger charge is -2.06. The number of hydrogen-bond donors (Lipinski definition) is 2. The van der Waals surface area contributed by atoms with Crippen LogP contribution in [0, 0.1) is 0 Å². The van der Waals surface area contributed by atoms with Gasteiger partial charge in [0.25, 0.3) is 5.91 Å². The van der Waals surface area contributed by atoms with Crippen LogP contribution in [0.25, 0.3) is 0 Å². The number of hydrogen-bond acceptors (Lipinski definition) is 3. The Morgan fingerprint density at radius 2 is 1.76 bits per heavy atom. The molecule has 0 unspecified atom stereocenters. The fraction of sp³-hybridized carbons (Fsp3) is 0.500. The van der Waals surface area contributed by atoms with Crippen molar-refractivity contribution in [3.05, 3.63) is 35.9 Å². The molecule has 2 N–H and O–H groups in total. The summed E-state index contributed by atoms with van der Waals surface area (Å²) in [4.78, 5) is 23.3. The lowest BCUT2D eigenvalue weighted by molar-refractivity contribution is -0.121. The summed E-state index contributed by atoms with van der Waals surface area (Å²) in [5.41, 5.74) is 0.637. The first kappa shape index (κ1) is 17.2. The Kier molecular flexibility index (Phi) is 8.88. The van der Waals surface area contributed by atoms with Gasteiger partial charge >= 0.3 is 0 Å². The third-order valence-electron chi connectivity index (χ3n) is 2.89. The van der Waals surface area contributed by atoms with Gasteiger partial charge in [-0.15, -0.1) is 0 Å². The summed E-state index contributed by atoms with van der Waals surface area (Å²) in [7, 11) is 0. The molecule has 5 heteroatoms. The zero-order valence-corrected chi connectivity index (χ0v) is 12.6. The Morgan fingerprint density at radius 3 is 2.48 bits per heavy atom. The van der Waals surface area contributed by atoms with Crippen LogP contribution < -0.4 is 10.6 Å². The molecule has 0 heterocycles. The molecule has 0 saturated carbocycles. The predicted molar refractivity (Wildman–Crippen MR) is 82.1 cm³/mol. The van der Waals surface area contributed by atoms with Gasteiger partial charge in [-0.25, -0.2) is 0 Å². The molecule has 0 bridgehead atoms. The third kappa shape index (κ3) is 8.09. The van der Waals surface area contributed by atoms with Crippen molar-refractivity contribution in [1.82, 2.24) is 10.6 Å². The van der Waals surface area contributed by atoms with E-state index in [-0.39, 0.29) is 11.8 Å². The van der Waals surface area contributed by atoms with Gasteiger partial charge in [-0.05, 0) is 31.9 Å². The first-order valence-electron chi connectivity index (χ1n) is 7.41. The minimum Gasteiger partial charge on any atom is -0.382 e. The highest BCUT2D eigenvalue weighted by Gasteiger charge is 2.04. The molecule has 0 radical (unpaired) electrons. The Bertz CT molecular complexity index is 421. The monoisotopic (exact) mass is 292 g/mol. The number of amides is 2. The third-order valence-corrected chi connectivity index (χ3v) is 2.89. The summed E-state index contributed by atoms with van der Waals surface area (Å²) in [5.74, 6) is -0.0896. The summed E-state index contributed by atoms with van der Waals surface area (Å²) in [6, 6.07) is 9.04. The molecule has 0 aliphatic carbocycles. The van der Waals surface area contributed by atoms with Gasteiger partial charge in [-0.1, -0.05) is 18.2 Å². The van der Waals surface area contributed by atoms with Crippen LogP contribution in [0.3, 0.4) is 0 Å². The number of ether oxygens (including phenoxy) is 1. The molecular formula is C16H24N2O3. The molecule has 1 aromatic carbocycles. The number of carbonyl (C=O) groups excluding carboxylic acids is 2. The minimum absolute atomic E-state index is 0.0143. The van der Waals surface area contributed by atoms with Gasteiger partial charge in [0, 0.05) is 38.3 Å². The van der Waals surface area contributed by atoms with E-state index in [2.05, 4.69) is 10.6 Å². The van der Waals surface area contributed by atoms with Crippen molar-refractivity contribution in [2.75, 3.05) is 26.3 Å². The van der Waals surface area contributed by atoms with E-state index in [1.807, 2.05) is 25.1 Å². The van der Waals surface area contributed by atoms with Crippen molar-refractivity contribution in [2.45, 2.75) is 26.2 Å². The summed E-state index contributed by atoms with van der Waals surface area (Å²) in [5, 5.41) is 5.63. The Labute approximate surface area is 126 Å². The number of rotatable bonds is 10. The molecule has 0 aliphatic rings. The highest BCUT2D eigenvalue weighted by molar-refractivity contribution is 5.94. The molecule has 5 nitrogen and oxygen atoms in total. The Morgan fingerprint density at radius 1 is 1.05 bits per heavy atom. The quantitative estimate of drug-likeness (QED) is 0.645. The standard InChI is InChI=1S/C16H24N2O3/c1-2-21-13-7-12-17-15(19)10-6-11-18-16(20)14-8-4-3-5-9-14/h3-5,8-9H,2,6-7,10-13H2,1H3,(H,17,19)(H,18,20). The van der Waals surface area contributed by atoms with Gasteiger partial charge in [-0.3, -0.25) is 9.59 Å². The van der Waals surface area contributed by atoms with Crippen molar-refractivity contribution in [2.24, 2.45) is 0 Å². The van der Waals surface area contributed by atoms with E-state index in [4.69, 9.17) is 4.74 Å². The highest BCUT2D eigenvalue weighted by atomic mass is 16.5. The molecular weight excluding hydrogens is 268 g/mol. The van der Waals surface area contributed by atoms with E-state index in [1.54, 1.807) is 12.1 Å². The normalized spacial score (nSPS) is 10.1. The molecule has 1 aromatic rings. The second-order valence-corrected chi connectivity index (χ2v) is 4.63. The van der Waals surface area contributed by atoms with E-state index in [0.717, 1.165) is 6.42 Å². The topological polar surface area (TPSA) is 67.4 Å². The zero-order valence-electron chi connectivity index (χ0n) is 12.6. The smallest absolute Gasteiger partial charge is 0.251 e. The molecule has 116 valence electrons. The number of carbonyl (C=O) groups is 2. The first-order valence-corrected chi connectivity index (χ1v) is 7.41. The summed E-state index contributed by atoms with van der Waals surface area (Å²) < 4.78 is 5.18. The summed E-state index contributed by atoms with van der Waals surface area (Å²) in [6.07, 6.45) is 1.88. The van der Waals surface area contributed by atoms with Crippen LogP contribution in [0.1, 0.15) is 36.5 Å². The Hall–Kier alpha value is -1.88. The SMILES string of the molecule is CCOCCCNC(=O)CCCNC(=O)c1ccccc1. The average molecular weight is 292 g/mol. The highest BCUT2D eigenvalue weighted by Crippen LogP contribution is 1.98. The van der Waals surface area contributed by atoms with Crippen molar-refractivity contribution in [1.29, 1.82) is 0 Å². The Balaban J connectivity index is 2.03. The van der Waals surface area contributed by atoms with Crippen LogP contribution >= 0.6 is 0 Å². The minimum atomic E-state index is -0.104. The largest absolute Gasteiger partial charge is 0.382 e. The molecule has 0 fully saturated rings. The van der Waals surface area contributed by atoms with Gasteiger partial charge in [0.05, 0.1) is 0 Å².